The molecule has 2 rings (SSSR count). The van der Waals surface area contributed by atoms with Crippen molar-refractivity contribution in [1.82, 2.24) is 15.2 Å². The molecule has 1 aliphatic heterocycles. The molecule has 0 spiro atoms. The number of nitrogens with one attached hydrogen (secondary N) is 1. The Morgan fingerprint density at radius 1 is 1.63 bits per heavy atom. The number of aromatic nitrogens is 1. The summed E-state index contributed by atoms with van der Waals surface area (Å²) in [6.07, 6.45) is 5.86. The van der Waals surface area contributed by atoms with Crippen LogP contribution in [0.2, 0.25) is 0 Å². The highest BCUT2D eigenvalue weighted by Gasteiger charge is 2.20. The van der Waals surface area contributed by atoms with E-state index in [9.17, 15) is 4.79 Å². The second kappa shape index (κ2) is 8.48. The van der Waals surface area contributed by atoms with Crippen molar-refractivity contribution in [2.24, 2.45) is 0 Å². The van der Waals surface area contributed by atoms with Gasteiger partial charge < -0.3 is 15.0 Å². The van der Waals surface area contributed by atoms with E-state index in [4.69, 9.17) is 4.74 Å². The molecule has 5 heteroatoms. The van der Waals surface area contributed by atoms with Gasteiger partial charge in [-0.3, -0.25) is 9.78 Å². The minimum absolute atomic E-state index is 0.0744. The van der Waals surface area contributed by atoms with Crippen molar-refractivity contribution in [3.05, 3.63) is 24.5 Å². The highest BCUT2D eigenvalue weighted by atomic mass is 16.5. The Balaban J connectivity index is 0.000000200. The van der Waals surface area contributed by atoms with Crippen molar-refractivity contribution in [3.63, 3.8) is 0 Å². The molecule has 1 aromatic rings. The summed E-state index contributed by atoms with van der Waals surface area (Å²) in [5, 5.41) is 2.84. The predicted octanol–water partition coefficient (Wildman–Crippen LogP) is 1.31. The lowest BCUT2D eigenvalue weighted by Gasteiger charge is -2.18. The van der Waals surface area contributed by atoms with Crippen LogP contribution in [0.15, 0.2) is 24.5 Å². The third-order valence-corrected chi connectivity index (χ3v) is 3.13. The van der Waals surface area contributed by atoms with Gasteiger partial charge in [0.25, 0.3) is 0 Å². The maximum absolute atomic E-state index is 10.6. The van der Waals surface area contributed by atoms with Crippen LogP contribution in [-0.4, -0.2) is 49.1 Å². The lowest BCUT2D eigenvalue weighted by molar-refractivity contribution is -0.119. The Hall–Kier alpha value is -1.62. The maximum atomic E-state index is 10.6. The summed E-state index contributed by atoms with van der Waals surface area (Å²) in [5.74, 6) is 0.873. The number of likely N-dealkylation sites (N-methyl/N-ethyl adjacent to an activating group) is 1. The molecule has 1 atom stereocenters. The number of likely N-dealkylation sites (tertiary alicyclic amines) is 1. The van der Waals surface area contributed by atoms with Crippen LogP contribution in [0.25, 0.3) is 0 Å². The minimum Gasteiger partial charge on any atom is -0.495 e. The third kappa shape index (κ3) is 6.20. The average Bonchev–Trinajstić information content (AvgIpc) is 2.83. The summed E-state index contributed by atoms with van der Waals surface area (Å²) in [5.41, 5.74) is 0. The first-order valence-corrected chi connectivity index (χ1v) is 6.52. The van der Waals surface area contributed by atoms with E-state index in [-0.39, 0.29) is 5.91 Å². The highest BCUT2D eigenvalue weighted by Crippen LogP contribution is 2.13. The zero-order valence-corrected chi connectivity index (χ0v) is 11.9. The fraction of sp³-hybridized carbons (Fsp3) is 0.571. The summed E-state index contributed by atoms with van der Waals surface area (Å²) in [6.45, 7) is 3.55. The fourth-order valence-electron chi connectivity index (χ4n) is 1.97. The van der Waals surface area contributed by atoms with Gasteiger partial charge in [0.05, 0.1) is 13.3 Å². The van der Waals surface area contributed by atoms with Crippen LogP contribution < -0.4 is 10.1 Å². The van der Waals surface area contributed by atoms with Crippen molar-refractivity contribution in [3.8, 4) is 5.75 Å². The molecule has 106 valence electrons. The molecule has 1 amide bonds. The van der Waals surface area contributed by atoms with Crippen molar-refractivity contribution in [1.29, 1.82) is 0 Å². The number of hydrogen-bond acceptors (Lipinski definition) is 4. The van der Waals surface area contributed by atoms with Crippen LogP contribution in [-0.2, 0) is 4.79 Å². The van der Waals surface area contributed by atoms with Gasteiger partial charge in [-0.25, -0.2) is 0 Å². The van der Waals surface area contributed by atoms with Gasteiger partial charge in [0, 0.05) is 25.7 Å². The zero-order valence-electron chi connectivity index (χ0n) is 11.9. The van der Waals surface area contributed by atoms with Gasteiger partial charge in [-0.05, 0) is 38.6 Å². The van der Waals surface area contributed by atoms with Crippen molar-refractivity contribution < 1.29 is 9.53 Å². The Morgan fingerprint density at radius 3 is 2.84 bits per heavy atom. The van der Waals surface area contributed by atoms with E-state index in [1.54, 1.807) is 26.4 Å². The van der Waals surface area contributed by atoms with Crippen molar-refractivity contribution in [2.75, 3.05) is 27.2 Å². The molecule has 0 saturated carbocycles. The van der Waals surface area contributed by atoms with Crippen LogP contribution in [0, 0.1) is 0 Å². The Bertz CT molecular complexity index is 370. The van der Waals surface area contributed by atoms with E-state index in [0.717, 1.165) is 12.3 Å². The second-order valence-corrected chi connectivity index (χ2v) is 4.61. The number of rotatable bonds is 3. The van der Waals surface area contributed by atoms with Gasteiger partial charge in [0.1, 0.15) is 5.75 Å². The summed E-state index contributed by atoms with van der Waals surface area (Å²) in [4.78, 5) is 16.7. The first-order valence-electron chi connectivity index (χ1n) is 6.52. The zero-order chi connectivity index (χ0) is 14.1. The molecular weight excluding hydrogens is 242 g/mol. The summed E-state index contributed by atoms with van der Waals surface area (Å²) >= 11 is 0. The molecular formula is C14H23N3O2. The molecule has 1 N–H and O–H groups in total. The van der Waals surface area contributed by atoms with Crippen LogP contribution in [0.1, 0.15) is 19.8 Å². The number of methoxy groups -OCH3 is 1. The van der Waals surface area contributed by atoms with Gasteiger partial charge in [0.15, 0.2) is 0 Å². The fourth-order valence-corrected chi connectivity index (χ4v) is 1.97. The van der Waals surface area contributed by atoms with E-state index in [0.29, 0.717) is 6.04 Å². The smallest absolute Gasteiger partial charge is 0.216 e. The van der Waals surface area contributed by atoms with Crippen LogP contribution in [0.5, 0.6) is 5.75 Å². The highest BCUT2D eigenvalue weighted by molar-refractivity contribution is 5.72. The lowest BCUT2D eigenvalue weighted by atomic mass is 10.2. The summed E-state index contributed by atoms with van der Waals surface area (Å²) < 4.78 is 4.85. The van der Waals surface area contributed by atoms with Gasteiger partial charge in [0.2, 0.25) is 5.91 Å². The van der Waals surface area contributed by atoms with E-state index in [2.05, 4.69) is 22.2 Å². The Labute approximate surface area is 115 Å². The molecule has 2 heterocycles. The number of hydrogen-bond donors (Lipinski definition) is 1. The number of ether oxygens (including phenoxy) is 1. The first kappa shape index (κ1) is 15.4. The number of pyridine rings is 1. The van der Waals surface area contributed by atoms with E-state index >= 15 is 0 Å². The minimum atomic E-state index is 0.0744. The standard InChI is InChI=1S/C8H16N2O.C6H7NO/c1-7(11)9-6-8-4-3-5-10(8)2;1-8-6-3-2-4-7-5-6/h8H,3-6H2,1-2H3,(H,9,11);2-5H,1H3. The molecule has 5 nitrogen and oxygen atoms in total. The quantitative estimate of drug-likeness (QED) is 0.895. The number of carbonyl (C=O) groups is 1. The molecule has 0 radical (unpaired) electrons. The molecule has 1 aromatic heterocycles. The molecule has 19 heavy (non-hydrogen) atoms. The van der Waals surface area contributed by atoms with Crippen molar-refractivity contribution >= 4 is 5.91 Å². The van der Waals surface area contributed by atoms with Crippen LogP contribution >= 0.6 is 0 Å². The topological polar surface area (TPSA) is 54.5 Å². The first-order chi connectivity index (χ1) is 9.13. The Kier molecular flexibility index (Phi) is 6.89. The molecule has 1 aliphatic rings. The number of amides is 1. The SMILES string of the molecule is CC(=O)NCC1CCCN1C.COc1cccnc1. The third-order valence-electron chi connectivity index (χ3n) is 3.13. The maximum Gasteiger partial charge on any atom is 0.216 e. The molecule has 0 aromatic carbocycles. The molecule has 0 aliphatic carbocycles. The van der Waals surface area contributed by atoms with E-state index in [1.807, 2.05) is 12.1 Å². The van der Waals surface area contributed by atoms with E-state index in [1.165, 1.54) is 19.4 Å². The molecule has 1 fully saturated rings. The van der Waals surface area contributed by atoms with Crippen molar-refractivity contribution in [2.45, 2.75) is 25.8 Å². The van der Waals surface area contributed by atoms with Gasteiger partial charge in [-0.15, -0.1) is 0 Å². The number of nitrogens with zero attached hydrogens (tertiary/aromatic N) is 2. The predicted molar refractivity (Wildman–Crippen MR) is 75.1 cm³/mol. The summed E-state index contributed by atoms with van der Waals surface area (Å²) in [6, 6.07) is 4.25. The Morgan fingerprint density at radius 2 is 2.42 bits per heavy atom. The molecule has 1 saturated heterocycles. The molecule has 0 bridgehead atoms. The normalized spacial score (nSPS) is 18.4. The van der Waals surface area contributed by atoms with Crippen LogP contribution in [0.4, 0.5) is 0 Å². The molecule has 1 unspecified atom stereocenters. The lowest BCUT2D eigenvalue weighted by Crippen LogP contribution is -2.37. The van der Waals surface area contributed by atoms with Gasteiger partial charge >= 0.3 is 0 Å². The second-order valence-electron chi connectivity index (χ2n) is 4.61. The largest absolute Gasteiger partial charge is 0.495 e. The van der Waals surface area contributed by atoms with Gasteiger partial charge in [-0.2, -0.15) is 0 Å². The van der Waals surface area contributed by atoms with Gasteiger partial charge in [-0.1, -0.05) is 0 Å². The van der Waals surface area contributed by atoms with Crippen LogP contribution in [0.3, 0.4) is 0 Å². The average molecular weight is 265 g/mol. The summed E-state index contributed by atoms with van der Waals surface area (Å²) in [7, 11) is 3.73. The van der Waals surface area contributed by atoms with E-state index < -0.39 is 0 Å². The monoisotopic (exact) mass is 265 g/mol. The number of carbonyl (C=O) groups excluding carboxylic acids is 1.